The van der Waals surface area contributed by atoms with Gasteiger partial charge in [0.2, 0.25) is 0 Å². The fourth-order valence-corrected chi connectivity index (χ4v) is 4.89. The minimum atomic E-state index is -1.37. The molecule has 8 nitrogen and oxygen atoms in total. The fourth-order valence-electron chi connectivity index (χ4n) is 4.63. The Morgan fingerprint density at radius 2 is 1.68 bits per heavy atom. The molecule has 0 fully saturated rings. The number of H-pyrrole nitrogens is 1. The van der Waals surface area contributed by atoms with Gasteiger partial charge in [0.15, 0.2) is 0 Å². The van der Waals surface area contributed by atoms with Crippen molar-refractivity contribution in [3.63, 3.8) is 0 Å². The first kappa shape index (κ1) is 28.7. The quantitative estimate of drug-likeness (QED) is 0.232. The Morgan fingerprint density at radius 1 is 0.975 bits per heavy atom. The molecule has 1 atom stereocenters. The summed E-state index contributed by atoms with van der Waals surface area (Å²) in [6.07, 6.45) is 1.83. The number of hydrogen-bond donors (Lipinski definition) is 3. The maximum Gasteiger partial charge on any atom is 0.331 e. The predicted octanol–water partition coefficient (Wildman–Crippen LogP) is 5.54. The lowest BCUT2D eigenvalue weighted by molar-refractivity contribution is -0.147. The summed E-state index contributed by atoms with van der Waals surface area (Å²) in [6.45, 7) is 5.37. The van der Waals surface area contributed by atoms with Crippen LogP contribution >= 0.6 is 11.6 Å². The number of nitrogens with one attached hydrogen (secondary N) is 3. The second kappa shape index (κ2) is 11.8. The van der Waals surface area contributed by atoms with Crippen LogP contribution in [0.1, 0.15) is 47.1 Å². The number of methoxy groups -OCH3 is 1. The van der Waals surface area contributed by atoms with Crippen molar-refractivity contribution in [3.05, 3.63) is 88.6 Å². The molecule has 1 unspecified atom stereocenters. The number of aromatic amines is 1. The van der Waals surface area contributed by atoms with Crippen LogP contribution in [0.5, 0.6) is 5.75 Å². The molecule has 4 rings (SSSR count). The van der Waals surface area contributed by atoms with Gasteiger partial charge in [-0.15, -0.1) is 0 Å². The molecule has 1 heterocycles. The van der Waals surface area contributed by atoms with Crippen molar-refractivity contribution < 1.29 is 23.9 Å². The first-order chi connectivity index (χ1) is 19.1. The topological polar surface area (TPSA) is 110 Å². The molecule has 208 valence electrons. The zero-order valence-corrected chi connectivity index (χ0v) is 23.8. The van der Waals surface area contributed by atoms with Crippen LogP contribution in [0.25, 0.3) is 22.0 Å². The third-order valence-corrected chi connectivity index (χ3v) is 6.92. The van der Waals surface area contributed by atoms with E-state index in [-0.39, 0.29) is 29.0 Å². The molecule has 0 saturated carbocycles. The molecule has 3 N–H and O–H groups in total. The number of halogens is 1. The normalized spacial score (nSPS) is 12.6. The number of hydrogen-bond acceptors (Lipinski definition) is 5. The number of amides is 2. The van der Waals surface area contributed by atoms with Gasteiger partial charge in [-0.05, 0) is 67.8 Å². The van der Waals surface area contributed by atoms with Gasteiger partial charge in [-0.1, -0.05) is 41.9 Å². The van der Waals surface area contributed by atoms with E-state index in [0.717, 1.165) is 16.5 Å². The van der Waals surface area contributed by atoms with E-state index in [1.807, 2.05) is 50.4 Å². The van der Waals surface area contributed by atoms with Crippen molar-refractivity contribution in [2.75, 3.05) is 14.2 Å². The summed E-state index contributed by atoms with van der Waals surface area (Å²) in [5.41, 5.74) is 2.39. The zero-order chi connectivity index (χ0) is 29.0. The Bertz CT molecular complexity index is 1580. The Labute approximate surface area is 238 Å². The number of aromatic nitrogens is 1. The van der Waals surface area contributed by atoms with Gasteiger partial charge < -0.3 is 25.1 Å². The second-order valence-corrected chi connectivity index (χ2v) is 10.4. The summed E-state index contributed by atoms with van der Waals surface area (Å²) < 4.78 is 11.1. The standard InChI is InChI=1S/C31H32ClN3O5/c1-18(2)40-27-13-11-19(20-10-12-23(25(32)15-20)28(36)33-4)14-24(27)29(37)35-31(3,30(38)39-5)16-21-17-34-26-9-7-6-8-22(21)26/h6-15,17-18,34H,16H2,1-5H3,(H,33,36)(H,35,37). The van der Waals surface area contributed by atoms with Crippen molar-refractivity contribution in [1.82, 2.24) is 15.6 Å². The zero-order valence-electron chi connectivity index (χ0n) is 23.1. The molecule has 0 aliphatic carbocycles. The van der Waals surface area contributed by atoms with Gasteiger partial charge >= 0.3 is 5.97 Å². The first-order valence-corrected chi connectivity index (χ1v) is 13.2. The summed E-state index contributed by atoms with van der Waals surface area (Å²) in [6, 6.07) is 18.0. The van der Waals surface area contributed by atoms with Crippen LogP contribution in [-0.2, 0) is 16.0 Å². The van der Waals surface area contributed by atoms with Crippen molar-refractivity contribution in [3.8, 4) is 16.9 Å². The maximum atomic E-state index is 13.8. The molecule has 0 saturated heterocycles. The van der Waals surface area contributed by atoms with Crippen LogP contribution in [0, 0.1) is 0 Å². The van der Waals surface area contributed by atoms with Crippen LogP contribution in [0.4, 0.5) is 0 Å². The van der Waals surface area contributed by atoms with Gasteiger partial charge in [0.1, 0.15) is 11.3 Å². The van der Waals surface area contributed by atoms with E-state index in [2.05, 4.69) is 15.6 Å². The molecule has 0 spiro atoms. The summed E-state index contributed by atoms with van der Waals surface area (Å²) in [7, 11) is 2.83. The number of rotatable bonds is 9. The highest BCUT2D eigenvalue weighted by atomic mass is 35.5. The molecule has 0 bridgehead atoms. The average Bonchev–Trinajstić information content (AvgIpc) is 3.34. The van der Waals surface area contributed by atoms with Gasteiger partial charge in [-0.25, -0.2) is 4.79 Å². The molecule has 9 heteroatoms. The Kier molecular flexibility index (Phi) is 8.49. The number of carbonyl (C=O) groups excluding carboxylic acids is 3. The monoisotopic (exact) mass is 561 g/mol. The number of para-hydroxylation sites is 1. The van der Waals surface area contributed by atoms with Crippen molar-refractivity contribution in [1.29, 1.82) is 0 Å². The summed E-state index contributed by atoms with van der Waals surface area (Å²) >= 11 is 6.38. The van der Waals surface area contributed by atoms with E-state index in [1.54, 1.807) is 37.3 Å². The van der Waals surface area contributed by atoms with Gasteiger partial charge in [0.05, 0.1) is 29.4 Å². The number of ether oxygens (including phenoxy) is 2. The van der Waals surface area contributed by atoms with Crippen LogP contribution in [0.15, 0.2) is 66.9 Å². The number of esters is 1. The molecular weight excluding hydrogens is 530 g/mol. The van der Waals surface area contributed by atoms with Crippen molar-refractivity contribution in [2.45, 2.75) is 38.8 Å². The van der Waals surface area contributed by atoms with Gasteiger partial charge in [-0.2, -0.15) is 0 Å². The van der Waals surface area contributed by atoms with Gasteiger partial charge in [0, 0.05) is 30.6 Å². The minimum Gasteiger partial charge on any atom is -0.490 e. The lowest BCUT2D eigenvalue weighted by Gasteiger charge is -2.28. The fraction of sp³-hybridized carbons (Fsp3) is 0.258. The molecule has 3 aromatic carbocycles. The number of carbonyl (C=O) groups is 3. The lowest BCUT2D eigenvalue weighted by Crippen LogP contribution is -2.54. The van der Waals surface area contributed by atoms with Crippen LogP contribution in [-0.4, -0.2) is 48.6 Å². The number of benzene rings is 3. The van der Waals surface area contributed by atoms with E-state index in [1.165, 1.54) is 14.2 Å². The third kappa shape index (κ3) is 5.97. The number of fused-ring (bicyclic) bond motifs is 1. The maximum absolute atomic E-state index is 13.8. The molecule has 0 aliphatic rings. The van der Waals surface area contributed by atoms with Crippen LogP contribution in [0.2, 0.25) is 5.02 Å². The van der Waals surface area contributed by atoms with E-state index >= 15 is 0 Å². The van der Waals surface area contributed by atoms with E-state index in [4.69, 9.17) is 21.1 Å². The summed E-state index contributed by atoms with van der Waals surface area (Å²) in [4.78, 5) is 42.1. The SMILES string of the molecule is CNC(=O)c1ccc(-c2ccc(OC(C)C)c(C(=O)NC(C)(Cc3c[nH]c4ccccc34)C(=O)OC)c2)cc1Cl. The molecular formula is C31H32ClN3O5. The summed E-state index contributed by atoms with van der Waals surface area (Å²) in [5, 5.41) is 6.71. The highest BCUT2D eigenvalue weighted by molar-refractivity contribution is 6.34. The lowest BCUT2D eigenvalue weighted by atomic mass is 9.91. The van der Waals surface area contributed by atoms with E-state index in [0.29, 0.717) is 22.4 Å². The van der Waals surface area contributed by atoms with Crippen LogP contribution in [0.3, 0.4) is 0 Å². The molecule has 4 aromatic rings. The third-order valence-electron chi connectivity index (χ3n) is 6.61. The largest absolute Gasteiger partial charge is 0.490 e. The molecule has 0 aliphatic heterocycles. The molecule has 40 heavy (non-hydrogen) atoms. The smallest absolute Gasteiger partial charge is 0.331 e. The van der Waals surface area contributed by atoms with E-state index < -0.39 is 17.4 Å². The first-order valence-electron chi connectivity index (χ1n) is 12.8. The Hall–Kier alpha value is -4.30. The predicted molar refractivity (Wildman–Crippen MR) is 156 cm³/mol. The average molecular weight is 562 g/mol. The molecule has 1 aromatic heterocycles. The summed E-state index contributed by atoms with van der Waals surface area (Å²) in [5.74, 6) is -1.01. The molecule has 2 amide bonds. The molecule has 0 radical (unpaired) electrons. The Balaban J connectivity index is 1.72. The second-order valence-electron chi connectivity index (χ2n) is 9.97. The van der Waals surface area contributed by atoms with Crippen molar-refractivity contribution in [2.24, 2.45) is 0 Å². The highest BCUT2D eigenvalue weighted by Gasteiger charge is 2.38. The van der Waals surface area contributed by atoms with E-state index in [9.17, 15) is 14.4 Å². The van der Waals surface area contributed by atoms with Crippen molar-refractivity contribution >= 4 is 40.3 Å². The van der Waals surface area contributed by atoms with Crippen LogP contribution < -0.4 is 15.4 Å². The van der Waals surface area contributed by atoms with Gasteiger partial charge in [0.25, 0.3) is 11.8 Å². The highest BCUT2D eigenvalue weighted by Crippen LogP contribution is 2.31. The Morgan fingerprint density at radius 3 is 2.35 bits per heavy atom. The minimum absolute atomic E-state index is 0.197. The van der Waals surface area contributed by atoms with Gasteiger partial charge in [-0.3, -0.25) is 9.59 Å².